The van der Waals surface area contributed by atoms with Crippen molar-refractivity contribution >= 4 is 112 Å². The number of alkyl halides is 9. The van der Waals surface area contributed by atoms with Crippen molar-refractivity contribution in [1.29, 1.82) is 0 Å². The lowest BCUT2D eigenvalue weighted by molar-refractivity contribution is 1.49. The molecular weight excluding hydrogens is 386 g/mol. The number of hydrogen-bond acceptors (Lipinski definition) is 0. The third-order valence-electron chi connectivity index (χ3n) is 0.761. The second-order valence-corrected chi connectivity index (χ2v) is 13.6. The van der Waals surface area contributed by atoms with Gasteiger partial charge in [0.1, 0.15) is 0 Å². The van der Waals surface area contributed by atoms with Gasteiger partial charge in [0.25, 0.3) is 0 Å². The largest absolute Gasteiger partial charge is 0.216 e. The molecule has 0 aromatic carbocycles. The third-order valence-corrected chi connectivity index (χ3v) is 6.85. The van der Waals surface area contributed by atoms with Crippen LogP contribution in [-0.4, -0.2) is 10.6 Å². The van der Waals surface area contributed by atoms with Crippen LogP contribution in [0.15, 0.2) is 0 Å². The fourth-order valence-electron chi connectivity index (χ4n) is 0.431. The molecule has 0 radical (unpaired) electrons. The summed E-state index contributed by atoms with van der Waals surface area (Å²) in [5.41, 5.74) is 0. The van der Waals surface area contributed by atoms with E-state index >= 15 is 0 Å². The summed E-state index contributed by atoms with van der Waals surface area (Å²) in [5.74, 6) is 0. The Hall–Kier alpha value is 3.04. The van der Waals surface area contributed by atoms with Crippen LogP contribution >= 0.6 is 112 Å². The van der Waals surface area contributed by atoms with Gasteiger partial charge in [-0.15, -0.1) is 0 Å². The van der Waals surface area contributed by atoms with Gasteiger partial charge in [0.05, 0.1) is 7.92 Å². The summed E-state index contributed by atoms with van der Waals surface area (Å²) in [7, 11) is -2.09. The van der Waals surface area contributed by atoms with Crippen LogP contribution in [0, 0.1) is 0 Å². The first-order chi connectivity index (χ1) is 5.37. The van der Waals surface area contributed by atoms with E-state index in [9.17, 15) is 0 Å². The van der Waals surface area contributed by atoms with Gasteiger partial charge in [-0.05, 0) is 0 Å². The Kier molecular flexibility index (Phi) is 6.33. The maximum atomic E-state index is 5.52. The predicted molar refractivity (Wildman–Crippen MR) is 67.8 cm³/mol. The van der Waals surface area contributed by atoms with Crippen molar-refractivity contribution < 1.29 is 0 Å². The van der Waals surface area contributed by atoms with Gasteiger partial charge in [-0.1, -0.05) is 104 Å². The van der Waals surface area contributed by atoms with Crippen LogP contribution in [0.25, 0.3) is 0 Å². The quantitative estimate of drug-likeness (QED) is 0.332. The highest BCUT2D eigenvalue weighted by atomic mass is 35.6. The molecule has 0 aromatic heterocycles. The Balaban J connectivity index is 5.02. The first-order valence-electron chi connectivity index (χ1n) is 2.37. The molecule has 0 amide bonds. The summed E-state index contributed by atoms with van der Waals surface area (Å²) in [6, 6.07) is 0. The smallest absolute Gasteiger partial charge is 0.0785 e. The van der Waals surface area contributed by atoms with Gasteiger partial charge in [0.2, 0.25) is 10.6 Å². The minimum absolute atomic E-state index is 1.92. The molecule has 0 atom stereocenters. The van der Waals surface area contributed by atoms with Crippen molar-refractivity contribution in [3.8, 4) is 0 Å². The first kappa shape index (κ1) is 16.0. The van der Waals surface area contributed by atoms with Gasteiger partial charge < -0.3 is 0 Å². The molecule has 0 aromatic rings. The highest BCUT2D eigenvalue weighted by Gasteiger charge is 2.56. The van der Waals surface area contributed by atoms with E-state index < -0.39 is 18.5 Å². The molecule has 0 bridgehead atoms. The van der Waals surface area contributed by atoms with Crippen LogP contribution < -0.4 is 0 Å². The molecule has 0 saturated carbocycles. The molecule has 0 spiro atoms. The molecule has 0 saturated heterocycles. The number of hydrogen-bond donors (Lipinski definition) is 0. The van der Waals surface area contributed by atoms with Crippen molar-refractivity contribution in [2.24, 2.45) is 0 Å². The van der Waals surface area contributed by atoms with Crippen LogP contribution in [0.2, 0.25) is 0 Å². The van der Waals surface area contributed by atoms with Gasteiger partial charge in [-0.3, -0.25) is 0 Å². The Morgan fingerprint density at radius 3 is 0.615 bits per heavy atom. The maximum Gasteiger partial charge on any atom is 0.216 e. The van der Waals surface area contributed by atoms with E-state index in [0.29, 0.717) is 0 Å². The standard InChI is InChI=1S/C3Cl9P/c4-1(5,6)13(2(7,8)9)3(10,11)12. The Labute approximate surface area is 122 Å². The van der Waals surface area contributed by atoms with Crippen molar-refractivity contribution in [2.75, 3.05) is 0 Å². The summed E-state index contributed by atoms with van der Waals surface area (Å²) in [4.78, 5) is 0. The van der Waals surface area contributed by atoms with Gasteiger partial charge in [0.15, 0.2) is 0 Å². The summed E-state index contributed by atoms with van der Waals surface area (Å²) >= 11 is 49.7. The van der Waals surface area contributed by atoms with E-state index in [1.165, 1.54) is 0 Å². The Morgan fingerprint density at radius 2 is 0.615 bits per heavy atom. The minimum Gasteiger partial charge on any atom is -0.0785 e. The lowest BCUT2D eigenvalue weighted by atomic mass is 11.7. The molecule has 0 aliphatic carbocycles. The molecule has 0 aliphatic rings. The molecule has 0 N–H and O–H groups in total. The highest BCUT2D eigenvalue weighted by Crippen LogP contribution is 2.79. The summed E-state index contributed by atoms with van der Waals surface area (Å²) in [6.07, 6.45) is 0. The van der Waals surface area contributed by atoms with Crippen molar-refractivity contribution in [3.63, 3.8) is 0 Å². The molecule has 0 heterocycles. The Morgan fingerprint density at radius 1 is 0.462 bits per heavy atom. The van der Waals surface area contributed by atoms with E-state index in [1.807, 2.05) is 0 Å². The third kappa shape index (κ3) is 5.78. The lowest BCUT2D eigenvalue weighted by Crippen LogP contribution is -2.21. The fourth-order valence-corrected chi connectivity index (χ4v) is 11.6. The Bertz CT molecular complexity index is 137. The second-order valence-electron chi connectivity index (χ2n) is 1.74. The summed E-state index contributed by atoms with van der Waals surface area (Å²) in [6.45, 7) is 0. The zero-order valence-corrected chi connectivity index (χ0v) is 13.0. The molecule has 0 rings (SSSR count). The fraction of sp³-hybridized carbons (Fsp3) is 1.00. The zero-order valence-electron chi connectivity index (χ0n) is 5.35. The normalized spacial score (nSPS) is 15.2. The number of rotatable bonds is 0. The molecular formula is C3Cl9P. The van der Waals surface area contributed by atoms with Crippen molar-refractivity contribution in [1.82, 2.24) is 0 Å². The molecule has 10 heteroatoms. The monoisotopic (exact) mass is 382 g/mol. The average Bonchev–Trinajstić information content (AvgIpc) is 1.44. The first-order valence-corrected chi connectivity index (χ1v) is 7.11. The van der Waals surface area contributed by atoms with Gasteiger partial charge in [-0.25, -0.2) is 0 Å². The minimum atomic E-state index is -2.09. The van der Waals surface area contributed by atoms with Crippen LogP contribution in [0.1, 0.15) is 0 Å². The summed E-state index contributed by atoms with van der Waals surface area (Å²) in [5, 5.41) is 0. The average molecular weight is 386 g/mol. The zero-order chi connectivity index (χ0) is 11.1. The second kappa shape index (κ2) is 5.13. The van der Waals surface area contributed by atoms with E-state index in [1.54, 1.807) is 0 Å². The lowest BCUT2D eigenvalue weighted by Gasteiger charge is -2.35. The molecule has 13 heavy (non-hydrogen) atoms. The topological polar surface area (TPSA) is 0 Å². The number of halogens is 9. The highest BCUT2D eigenvalue weighted by molar-refractivity contribution is 7.78. The predicted octanol–water partition coefficient (Wildman–Crippen LogP) is 6.45. The van der Waals surface area contributed by atoms with E-state index in [0.717, 1.165) is 0 Å². The van der Waals surface area contributed by atoms with Crippen LogP contribution in [0.5, 0.6) is 0 Å². The molecule has 0 fully saturated rings. The maximum absolute atomic E-state index is 5.52. The van der Waals surface area contributed by atoms with Crippen LogP contribution in [0.3, 0.4) is 0 Å². The van der Waals surface area contributed by atoms with E-state index in [2.05, 4.69) is 0 Å². The molecule has 0 unspecified atom stereocenters. The van der Waals surface area contributed by atoms with Crippen LogP contribution in [0.4, 0.5) is 0 Å². The van der Waals surface area contributed by atoms with Gasteiger partial charge >= 0.3 is 0 Å². The molecule has 0 aliphatic heterocycles. The summed E-state index contributed by atoms with van der Waals surface area (Å²) < 4.78 is -5.77. The van der Waals surface area contributed by atoms with E-state index in [4.69, 9.17) is 104 Å². The SMILES string of the molecule is ClC(Cl)(Cl)P(C(Cl)(Cl)Cl)C(Cl)(Cl)Cl. The van der Waals surface area contributed by atoms with Crippen molar-refractivity contribution in [3.05, 3.63) is 0 Å². The van der Waals surface area contributed by atoms with Gasteiger partial charge in [0, 0.05) is 0 Å². The molecule has 0 nitrogen and oxygen atoms in total. The van der Waals surface area contributed by atoms with Gasteiger partial charge in [-0.2, -0.15) is 0 Å². The van der Waals surface area contributed by atoms with Crippen LogP contribution in [-0.2, 0) is 0 Å². The van der Waals surface area contributed by atoms with Crippen molar-refractivity contribution in [2.45, 2.75) is 10.6 Å². The van der Waals surface area contributed by atoms with E-state index in [-0.39, 0.29) is 0 Å². The molecule has 80 valence electrons.